The molecule has 4 saturated carbocycles. The number of fused-ring (bicyclic) bond motifs is 2. The van der Waals surface area contributed by atoms with Gasteiger partial charge in [-0.25, -0.2) is 9.59 Å². The molecule has 4 aliphatic carbocycles. The number of aliphatic hydroxyl groups excluding tert-OH is 1. The summed E-state index contributed by atoms with van der Waals surface area (Å²) in [6.45, 7) is 25.8. The van der Waals surface area contributed by atoms with Crippen LogP contribution in [0.2, 0.25) is 0 Å². The first-order chi connectivity index (χ1) is 23.7. The van der Waals surface area contributed by atoms with Crippen molar-refractivity contribution in [2.75, 3.05) is 6.61 Å². The fraction of sp³-hybridized carbons (Fsp3) is 0.929. The molecular formula is C42H71NO9. The summed E-state index contributed by atoms with van der Waals surface area (Å²) in [6, 6.07) is -0.846. The van der Waals surface area contributed by atoms with E-state index in [0.717, 1.165) is 51.4 Å². The van der Waals surface area contributed by atoms with E-state index >= 15 is 0 Å². The first-order valence-electron chi connectivity index (χ1n) is 20.1. The van der Waals surface area contributed by atoms with Crippen molar-refractivity contribution in [2.24, 2.45) is 44.8 Å². The zero-order valence-electron chi connectivity index (χ0n) is 34.6. The third kappa shape index (κ3) is 7.15. The van der Waals surface area contributed by atoms with Gasteiger partial charge >= 0.3 is 18.0 Å². The number of rotatable bonds is 9. The summed E-state index contributed by atoms with van der Waals surface area (Å²) in [7, 11) is 0. The van der Waals surface area contributed by atoms with Crippen molar-refractivity contribution < 1.29 is 43.5 Å². The van der Waals surface area contributed by atoms with Crippen LogP contribution in [0.4, 0.5) is 4.79 Å². The summed E-state index contributed by atoms with van der Waals surface area (Å²) >= 11 is 0. The van der Waals surface area contributed by atoms with E-state index in [-0.39, 0.29) is 69.6 Å². The molecule has 2 spiro atoms. The Kier molecular flexibility index (Phi) is 10.6. The largest absolute Gasteiger partial charge is 0.464 e. The standard InChI is InChI=1S/C42H71NO9/c1-25(2)31(43-34(47)52-35(4,5)6)33(46)49-21-16-28-39(12)22-27(45)32(40(13)17-14-30(51-40)37(9,10)48)38(39,11)19-20-42(28)24-41(42)18-15-29(50-26(3)44)36(7,8)23-41/h25,27-32,45,48H,14-24H2,1-13H3,(H,43,47). The van der Waals surface area contributed by atoms with Crippen LogP contribution < -0.4 is 5.32 Å². The molecule has 0 aromatic heterocycles. The number of carbonyl (C=O) groups excluding carboxylic acids is 3. The van der Waals surface area contributed by atoms with Gasteiger partial charge in [0.15, 0.2) is 0 Å². The fourth-order valence-corrected chi connectivity index (χ4v) is 12.6. The maximum absolute atomic E-state index is 13.6. The molecule has 5 rings (SSSR count). The zero-order valence-corrected chi connectivity index (χ0v) is 34.6. The SMILES string of the molecule is CC(=O)OC1CCC2(CC1(C)C)CC21CCC2(C)C(C3(C)CCC(C(C)(C)O)O3)C(O)CC2(C)C1CCOC(=O)C(NC(=O)OC(C)(C)C)C(C)C. The van der Waals surface area contributed by atoms with E-state index in [1.165, 1.54) is 6.92 Å². The molecule has 5 fully saturated rings. The van der Waals surface area contributed by atoms with Crippen LogP contribution in [-0.2, 0) is 28.5 Å². The Bertz CT molecular complexity index is 1380. The quantitative estimate of drug-likeness (QED) is 0.162. The van der Waals surface area contributed by atoms with Gasteiger partial charge in [0, 0.05) is 18.3 Å². The van der Waals surface area contributed by atoms with E-state index < -0.39 is 41.0 Å². The Morgan fingerprint density at radius 3 is 2.12 bits per heavy atom. The molecule has 52 heavy (non-hydrogen) atoms. The van der Waals surface area contributed by atoms with Gasteiger partial charge in [0.05, 0.1) is 30.0 Å². The molecule has 298 valence electrons. The van der Waals surface area contributed by atoms with E-state index in [9.17, 15) is 24.6 Å². The Hall–Kier alpha value is -1.91. The number of amides is 1. The molecule has 11 atom stereocenters. The van der Waals surface area contributed by atoms with Gasteiger partial charge in [-0.15, -0.1) is 0 Å². The zero-order chi connectivity index (χ0) is 39.1. The Balaban J connectivity index is 1.44. The van der Waals surface area contributed by atoms with Gasteiger partial charge in [0.2, 0.25) is 0 Å². The van der Waals surface area contributed by atoms with Crippen molar-refractivity contribution >= 4 is 18.0 Å². The smallest absolute Gasteiger partial charge is 0.408 e. The summed E-state index contributed by atoms with van der Waals surface area (Å²) in [5.74, 6) is -0.871. The second-order valence-electron chi connectivity index (χ2n) is 21.0. The minimum atomic E-state index is -0.973. The molecule has 0 aromatic rings. The number of nitrogens with one attached hydrogen (secondary N) is 1. The highest BCUT2D eigenvalue weighted by molar-refractivity contribution is 5.81. The van der Waals surface area contributed by atoms with Crippen molar-refractivity contribution in [3.8, 4) is 0 Å². The predicted molar refractivity (Wildman–Crippen MR) is 198 cm³/mol. The van der Waals surface area contributed by atoms with Crippen molar-refractivity contribution in [3.63, 3.8) is 0 Å². The minimum Gasteiger partial charge on any atom is -0.464 e. The number of aliphatic hydroxyl groups is 2. The van der Waals surface area contributed by atoms with Gasteiger partial charge in [-0.05, 0) is 139 Å². The molecule has 0 bridgehead atoms. The minimum absolute atomic E-state index is 0.0000178. The molecular weight excluding hydrogens is 662 g/mol. The Morgan fingerprint density at radius 2 is 1.58 bits per heavy atom. The number of hydrogen-bond donors (Lipinski definition) is 3. The molecule has 1 saturated heterocycles. The van der Waals surface area contributed by atoms with E-state index in [4.69, 9.17) is 18.9 Å². The van der Waals surface area contributed by atoms with Crippen LogP contribution in [0.3, 0.4) is 0 Å². The van der Waals surface area contributed by atoms with E-state index in [2.05, 4.69) is 39.9 Å². The fourth-order valence-electron chi connectivity index (χ4n) is 12.6. The second-order valence-corrected chi connectivity index (χ2v) is 21.0. The molecule has 10 heteroatoms. The summed E-state index contributed by atoms with van der Waals surface area (Å²) in [5, 5.41) is 25.8. The maximum Gasteiger partial charge on any atom is 0.408 e. The topological polar surface area (TPSA) is 141 Å². The number of ether oxygens (including phenoxy) is 4. The third-order valence-corrected chi connectivity index (χ3v) is 15.0. The predicted octanol–water partition coefficient (Wildman–Crippen LogP) is 7.50. The van der Waals surface area contributed by atoms with Crippen molar-refractivity contribution in [1.82, 2.24) is 5.32 Å². The molecule has 10 nitrogen and oxygen atoms in total. The lowest BCUT2D eigenvalue weighted by molar-refractivity contribution is -0.187. The van der Waals surface area contributed by atoms with Crippen LogP contribution in [0.5, 0.6) is 0 Å². The molecule has 1 aliphatic heterocycles. The Morgan fingerprint density at radius 1 is 0.923 bits per heavy atom. The van der Waals surface area contributed by atoms with Gasteiger partial charge in [-0.1, -0.05) is 41.5 Å². The normalized spacial score (nSPS) is 41.8. The van der Waals surface area contributed by atoms with Gasteiger partial charge in [0.25, 0.3) is 0 Å². The number of esters is 2. The van der Waals surface area contributed by atoms with Crippen molar-refractivity contribution in [3.05, 3.63) is 0 Å². The van der Waals surface area contributed by atoms with Gasteiger partial charge in [-0.2, -0.15) is 0 Å². The highest BCUT2D eigenvalue weighted by Gasteiger charge is 2.80. The van der Waals surface area contributed by atoms with Crippen LogP contribution >= 0.6 is 0 Å². The average molecular weight is 734 g/mol. The lowest BCUT2D eigenvalue weighted by Gasteiger charge is -2.60. The highest BCUT2D eigenvalue weighted by atomic mass is 16.6. The van der Waals surface area contributed by atoms with Gasteiger partial charge < -0.3 is 34.5 Å². The molecule has 0 aromatic carbocycles. The summed E-state index contributed by atoms with van der Waals surface area (Å²) in [5.41, 5.74) is -2.90. The first-order valence-corrected chi connectivity index (χ1v) is 20.1. The lowest BCUT2D eigenvalue weighted by atomic mass is 9.45. The Labute approximate surface area is 313 Å². The van der Waals surface area contributed by atoms with E-state index in [1.54, 1.807) is 34.6 Å². The average Bonchev–Trinajstić information content (AvgIpc) is 3.22. The number of carbonyl (C=O) groups is 3. The lowest BCUT2D eigenvalue weighted by Crippen LogP contribution is -2.56. The first kappa shape index (κ1) is 41.3. The summed E-state index contributed by atoms with van der Waals surface area (Å²) in [4.78, 5) is 38.3. The number of hydrogen-bond acceptors (Lipinski definition) is 9. The van der Waals surface area contributed by atoms with E-state index in [0.29, 0.717) is 12.8 Å². The highest BCUT2D eigenvalue weighted by Crippen LogP contribution is 2.85. The molecule has 0 radical (unpaired) electrons. The van der Waals surface area contributed by atoms with Crippen LogP contribution in [0.1, 0.15) is 154 Å². The molecule has 11 unspecified atom stereocenters. The van der Waals surface area contributed by atoms with Gasteiger partial charge in [0.1, 0.15) is 17.7 Å². The third-order valence-electron chi connectivity index (χ3n) is 15.0. The molecule has 1 amide bonds. The maximum atomic E-state index is 13.6. The molecule has 1 heterocycles. The summed E-state index contributed by atoms with van der Waals surface area (Å²) in [6.07, 6.45) is 6.96. The van der Waals surface area contributed by atoms with Crippen LogP contribution in [0.25, 0.3) is 0 Å². The summed E-state index contributed by atoms with van der Waals surface area (Å²) < 4.78 is 24.1. The second kappa shape index (κ2) is 13.4. The van der Waals surface area contributed by atoms with Crippen molar-refractivity contribution in [2.45, 2.75) is 195 Å². The van der Waals surface area contributed by atoms with Crippen LogP contribution in [-0.4, -0.2) is 76.0 Å². The molecule has 3 N–H and O–H groups in total. The van der Waals surface area contributed by atoms with Crippen molar-refractivity contribution in [1.29, 1.82) is 0 Å². The van der Waals surface area contributed by atoms with Crippen LogP contribution in [0.15, 0.2) is 0 Å². The van der Waals surface area contributed by atoms with Crippen LogP contribution in [0, 0.1) is 44.8 Å². The van der Waals surface area contributed by atoms with Gasteiger partial charge in [-0.3, -0.25) is 4.79 Å². The number of alkyl carbamates (subject to hydrolysis) is 1. The van der Waals surface area contributed by atoms with E-state index in [1.807, 2.05) is 13.8 Å². The monoisotopic (exact) mass is 734 g/mol. The molecule has 5 aliphatic rings.